The minimum Gasteiger partial charge on any atom is -0.394 e. The van der Waals surface area contributed by atoms with Gasteiger partial charge in [0.05, 0.1) is 18.8 Å². The first-order valence-corrected chi connectivity index (χ1v) is 20.7. The molecule has 4 N–H and O–H groups in total. The molecule has 0 saturated carbocycles. The largest absolute Gasteiger partial charge is 0.394 e. The third-order valence-corrected chi connectivity index (χ3v) is 9.54. The molecule has 0 aromatic carbocycles. The molecule has 0 fully saturated rings. The van der Waals surface area contributed by atoms with E-state index in [-0.39, 0.29) is 6.61 Å². The van der Waals surface area contributed by atoms with Crippen LogP contribution < -0.4 is 5.32 Å². The number of hydrogen-bond acceptors (Lipinski definition) is 4. The van der Waals surface area contributed by atoms with Crippen molar-refractivity contribution in [1.82, 2.24) is 5.32 Å². The summed E-state index contributed by atoms with van der Waals surface area (Å²) in [5.41, 5.74) is 0. The number of amides is 1. The SMILES string of the molecule is CCCCCCCCCCCCC/C=C/CC/C=C/C(O)C(CO)NC(=O)C(O)CCCCCCCCCCCCCCCCCC. The molecular formula is C42H81NO4. The summed E-state index contributed by atoms with van der Waals surface area (Å²) in [6, 6.07) is -0.809. The zero-order chi connectivity index (χ0) is 34.5. The average molecular weight is 664 g/mol. The lowest BCUT2D eigenvalue weighted by atomic mass is 10.0. The zero-order valence-corrected chi connectivity index (χ0v) is 31.4. The van der Waals surface area contributed by atoms with Crippen LogP contribution in [0.3, 0.4) is 0 Å². The minimum atomic E-state index is -1.10. The van der Waals surface area contributed by atoms with Gasteiger partial charge in [-0.05, 0) is 32.1 Å². The molecule has 278 valence electrons. The van der Waals surface area contributed by atoms with Gasteiger partial charge in [-0.2, -0.15) is 0 Å². The lowest BCUT2D eigenvalue weighted by Gasteiger charge is -2.21. The van der Waals surface area contributed by atoms with E-state index in [1.54, 1.807) is 6.08 Å². The van der Waals surface area contributed by atoms with Crippen molar-refractivity contribution in [2.24, 2.45) is 0 Å². The molecule has 0 aromatic rings. The summed E-state index contributed by atoms with van der Waals surface area (Å²) >= 11 is 0. The first-order chi connectivity index (χ1) is 23.1. The second kappa shape index (κ2) is 37.6. The number of rotatable bonds is 37. The van der Waals surface area contributed by atoms with E-state index >= 15 is 0 Å². The van der Waals surface area contributed by atoms with E-state index in [0.29, 0.717) is 6.42 Å². The van der Waals surface area contributed by atoms with Crippen molar-refractivity contribution in [2.75, 3.05) is 6.61 Å². The van der Waals surface area contributed by atoms with Crippen molar-refractivity contribution in [1.29, 1.82) is 0 Å². The quantitative estimate of drug-likeness (QED) is 0.0393. The second-order valence-electron chi connectivity index (χ2n) is 14.2. The highest BCUT2D eigenvalue weighted by atomic mass is 16.3. The Morgan fingerprint density at radius 3 is 1.30 bits per heavy atom. The van der Waals surface area contributed by atoms with Gasteiger partial charge in [0, 0.05) is 0 Å². The van der Waals surface area contributed by atoms with Crippen LogP contribution in [0.2, 0.25) is 0 Å². The molecule has 3 unspecified atom stereocenters. The summed E-state index contributed by atoms with van der Waals surface area (Å²) in [5.74, 6) is -0.511. The summed E-state index contributed by atoms with van der Waals surface area (Å²) in [5, 5.41) is 33.0. The van der Waals surface area contributed by atoms with Crippen LogP contribution in [0, 0.1) is 0 Å². The van der Waals surface area contributed by atoms with E-state index in [4.69, 9.17) is 0 Å². The number of carbonyl (C=O) groups excluding carboxylic acids is 1. The van der Waals surface area contributed by atoms with Crippen LogP contribution in [0.15, 0.2) is 24.3 Å². The predicted octanol–water partition coefficient (Wildman–Crippen LogP) is 11.4. The van der Waals surface area contributed by atoms with Crippen molar-refractivity contribution < 1.29 is 20.1 Å². The highest BCUT2D eigenvalue weighted by molar-refractivity contribution is 5.80. The van der Waals surface area contributed by atoms with Crippen LogP contribution in [-0.2, 0) is 4.79 Å². The van der Waals surface area contributed by atoms with Crippen LogP contribution in [0.4, 0.5) is 0 Å². The first kappa shape index (κ1) is 45.8. The van der Waals surface area contributed by atoms with Gasteiger partial charge in [0.15, 0.2) is 0 Å². The Bertz CT molecular complexity index is 694. The number of carbonyl (C=O) groups is 1. The molecule has 0 aliphatic carbocycles. The van der Waals surface area contributed by atoms with Gasteiger partial charge < -0.3 is 20.6 Å². The van der Waals surface area contributed by atoms with Gasteiger partial charge in [-0.25, -0.2) is 0 Å². The number of allylic oxidation sites excluding steroid dienone is 3. The third kappa shape index (κ3) is 33.1. The van der Waals surface area contributed by atoms with Crippen LogP contribution in [0.5, 0.6) is 0 Å². The minimum absolute atomic E-state index is 0.373. The number of nitrogens with one attached hydrogen (secondary N) is 1. The number of aliphatic hydroxyl groups is 3. The average Bonchev–Trinajstić information content (AvgIpc) is 3.07. The Hall–Kier alpha value is -1.17. The Morgan fingerprint density at radius 2 is 0.872 bits per heavy atom. The third-order valence-electron chi connectivity index (χ3n) is 9.54. The highest BCUT2D eigenvalue weighted by Crippen LogP contribution is 2.15. The molecule has 0 radical (unpaired) electrons. The maximum atomic E-state index is 12.4. The van der Waals surface area contributed by atoms with Crippen molar-refractivity contribution in [3.8, 4) is 0 Å². The monoisotopic (exact) mass is 664 g/mol. The van der Waals surface area contributed by atoms with Gasteiger partial charge in [-0.3, -0.25) is 4.79 Å². The smallest absolute Gasteiger partial charge is 0.249 e. The molecule has 5 heteroatoms. The molecule has 0 saturated heterocycles. The van der Waals surface area contributed by atoms with Gasteiger partial charge in [-0.1, -0.05) is 205 Å². The molecule has 0 aliphatic rings. The highest BCUT2D eigenvalue weighted by Gasteiger charge is 2.22. The molecule has 47 heavy (non-hydrogen) atoms. The maximum Gasteiger partial charge on any atom is 0.249 e. The van der Waals surface area contributed by atoms with Crippen LogP contribution in [-0.4, -0.2) is 46.1 Å². The second-order valence-corrected chi connectivity index (χ2v) is 14.2. The van der Waals surface area contributed by atoms with E-state index in [9.17, 15) is 20.1 Å². The Balaban J connectivity index is 3.73. The molecule has 3 atom stereocenters. The fourth-order valence-electron chi connectivity index (χ4n) is 6.26. The van der Waals surface area contributed by atoms with Crippen molar-refractivity contribution in [3.05, 3.63) is 24.3 Å². The Kier molecular flexibility index (Phi) is 36.7. The van der Waals surface area contributed by atoms with Gasteiger partial charge in [0.1, 0.15) is 6.10 Å². The van der Waals surface area contributed by atoms with E-state index in [2.05, 4.69) is 31.3 Å². The lowest BCUT2D eigenvalue weighted by molar-refractivity contribution is -0.131. The van der Waals surface area contributed by atoms with Crippen LogP contribution in [0.1, 0.15) is 213 Å². The molecule has 0 heterocycles. The Morgan fingerprint density at radius 1 is 0.511 bits per heavy atom. The van der Waals surface area contributed by atoms with Gasteiger partial charge in [0.25, 0.3) is 0 Å². The van der Waals surface area contributed by atoms with Crippen LogP contribution in [0.25, 0.3) is 0 Å². The van der Waals surface area contributed by atoms with Gasteiger partial charge >= 0.3 is 0 Å². The number of hydrogen-bond donors (Lipinski definition) is 4. The summed E-state index contributed by atoms with van der Waals surface area (Å²) in [6.07, 6.45) is 44.9. The zero-order valence-electron chi connectivity index (χ0n) is 31.4. The molecule has 5 nitrogen and oxygen atoms in total. The van der Waals surface area contributed by atoms with Crippen molar-refractivity contribution >= 4 is 5.91 Å². The topological polar surface area (TPSA) is 89.8 Å². The first-order valence-electron chi connectivity index (χ1n) is 20.7. The molecule has 0 bridgehead atoms. The Labute approximate surface area is 292 Å². The lowest BCUT2D eigenvalue weighted by Crippen LogP contribution is -2.48. The van der Waals surface area contributed by atoms with E-state index in [1.165, 1.54) is 154 Å². The molecular weight excluding hydrogens is 582 g/mol. The van der Waals surface area contributed by atoms with Gasteiger partial charge in [-0.15, -0.1) is 0 Å². The fourth-order valence-corrected chi connectivity index (χ4v) is 6.26. The number of aliphatic hydroxyl groups excluding tert-OH is 3. The summed E-state index contributed by atoms with van der Waals surface area (Å²) < 4.78 is 0. The fraction of sp³-hybridized carbons (Fsp3) is 0.881. The van der Waals surface area contributed by atoms with Crippen molar-refractivity contribution in [2.45, 2.75) is 231 Å². The van der Waals surface area contributed by atoms with Crippen LogP contribution >= 0.6 is 0 Å². The van der Waals surface area contributed by atoms with E-state index in [0.717, 1.165) is 38.5 Å². The molecule has 0 aromatic heterocycles. The van der Waals surface area contributed by atoms with Gasteiger partial charge in [0.2, 0.25) is 5.91 Å². The summed E-state index contributed by atoms with van der Waals surface area (Å²) in [4.78, 5) is 12.4. The van der Waals surface area contributed by atoms with E-state index in [1.807, 2.05) is 6.08 Å². The molecule has 0 spiro atoms. The molecule has 0 aliphatic heterocycles. The normalized spacial score (nSPS) is 13.9. The predicted molar refractivity (Wildman–Crippen MR) is 204 cm³/mol. The van der Waals surface area contributed by atoms with Crippen molar-refractivity contribution in [3.63, 3.8) is 0 Å². The number of unbranched alkanes of at least 4 members (excludes halogenated alkanes) is 27. The van der Waals surface area contributed by atoms with E-state index < -0.39 is 24.2 Å². The standard InChI is InChI=1S/C42H81NO4/c1-3-5-7-9-11-13-15-17-19-21-23-24-26-28-30-32-34-36-40(45)39(38-44)43-42(47)41(46)37-35-33-31-29-27-25-22-20-18-16-14-12-10-8-6-4-2/h26,28,34,36,39-41,44-46H,3-25,27,29-33,35,37-38H2,1-2H3,(H,43,47)/b28-26+,36-34+. The molecule has 1 amide bonds. The summed E-state index contributed by atoms with van der Waals surface area (Å²) in [6.45, 7) is 4.17. The summed E-state index contributed by atoms with van der Waals surface area (Å²) in [7, 11) is 0. The molecule has 0 rings (SSSR count). The maximum absolute atomic E-state index is 12.4.